The third-order valence-corrected chi connectivity index (χ3v) is 4.26. The zero-order chi connectivity index (χ0) is 17.4. The van der Waals surface area contributed by atoms with Crippen molar-refractivity contribution in [2.45, 2.75) is 13.0 Å². The summed E-state index contributed by atoms with van der Waals surface area (Å²) in [7, 11) is 0. The molecule has 0 aliphatic rings. The molecule has 25 heavy (non-hydrogen) atoms. The van der Waals surface area contributed by atoms with E-state index in [-0.39, 0.29) is 5.82 Å². The molecule has 2 aromatic heterocycles. The molecular formula is C20H16FN3O. The van der Waals surface area contributed by atoms with Gasteiger partial charge in [0, 0.05) is 17.4 Å². The molecule has 0 unspecified atom stereocenters. The van der Waals surface area contributed by atoms with E-state index in [1.807, 2.05) is 47.0 Å². The van der Waals surface area contributed by atoms with Gasteiger partial charge in [0.25, 0.3) is 0 Å². The van der Waals surface area contributed by atoms with Gasteiger partial charge in [-0.15, -0.1) is 0 Å². The van der Waals surface area contributed by atoms with Crippen LogP contribution in [0.25, 0.3) is 27.8 Å². The minimum Gasteiger partial charge on any atom is -0.389 e. The third kappa shape index (κ3) is 2.79. The standard InChI is InChI=1S/C20H16FN3O/c1-13(25)14-5-6-20-19(10-14)23-12-24(20)16-4-2-3-15(9-16)17-7-8-22-11-18(17)21/h2-13,25H,1H3/t13-/m0/s1. The maximum atomic E-state index is 14.0. The molecule has 0 aliphatic heterocycles. The topological polar surface area (TPSA) is 50.9 Å². The summed E-state index contributed by atoms with van der Waals surface area (Å²) in [4.78, 5) is 8.22. The van der Waals surface area contributed by atoms with Gasteiger partial charge in [0.1, 0.15) is 12.1 Å². The van der Waals surface area contributed by atoms with E-state index < -0.39 is 6.10 Å². The molecule has 0 saturated heterocycles. The Kier molecular flexibility index (Phi) is 3.78. The van der Waals surface area contributed by atoms with Gasteiger partial charge in [0.05, 0.1) is 23.3 Å². The predicted octanol–water partition coefficient (Wildman–Crippen LogP) is 4.28. The molecule has 4 aromatic rings. The Bertz CT molecular complexity index is 1060. The van der Waals surface area contributed by atoms with Gasteiger partial charge in [-0.05, 0) is 48.4 Å². The first-order valence-corrected chi connectivity index (χ1v) is 7.99. The van der Waals surface area contributed by atoms with Crippen LogP contribution >= 0.6 is 0 Å². The van der Waals surface area contributed by atoms with Crippen LogP contribution in [0.15, 0.2) is 67.3 Å². The highest BCUT2D eigenvalue weighted by Gasteiger charge is 2.10. The molecule has 4 rings (SSSR count). The minimum atomic E-state index is -0.535. The lowest BCUT2D eigenvalue weighted by molar-refractivity contribution is 0.199. The van der Waals surface area contributed by atoms with E-state index in [9.17, 15) is 9.50 Å². The maximum Gasteiger partial charge on any atom is 0.149 e. The molecular weight excluding hydrogens is 317 g/mol. The first kappa shape index (κ1) is 15.5. The maximum absolute atomic E-state index is 14.0. The lowest BCUT2D eigenvalue weighted by Gasteiger charge is -2.09. The van der Waals surface area contributed by atoms with Crippen LogP contribution in [0.4, 0.5) is 4.39 Å². The largest absolute Gasteiger partial charge is 0.389 e. The van der Waals surface area contributed by atoms with Crippen molar-refractivity contribution in [2.24, 2.45) is 0 Å². The van der Waals surface area contributed by atoms with Crippen LogP contribution in [0.1, 0.15) is 18.6 Å². The van der Waals surface area contributed by atoms with Crippen molar-refractivity contribution in [2.75, 3.05) is 0 Å². The molecule has 0 amide bonds. The summed E-state index contributed by atoms with van der Waals surface area (Å²) < 4.78 is 16.0. The van der Waals surface area contributed by atoms with E-state index in [1.165, 1.54) is 6.20 Å². The Hall–Kier alpha value is -3.05. The molecule has 5 heteroatoms. The number of nitrogens with zero attached hydrogens (tertiary/aromatic N) is 3. The monoisotopic (exact) mass is 333 g/mol. The van der Waals surface area contributed by atoms with Gasteiger partial charge in [0.2, 0.25) is 0 Å². The fourth-order valence-corrected chi connectivity index (χ4v) is 2.93. The van der Waals surface area contributed by atoms with Gasteiger partial charge >= 0.3 is 0 Å². The van der Waals surface area contributed by atoms with Crippen molar-refractivity contribution in [1.82, 2.24) is 14.5 Å². The normalized spacial score (nSPS) is 12.4. The van der Waals surface area contributed by atoms with Crippen LogP contribution in [-0.4, -0.2) is 19.6 Å². The third-order valence-electron chi connectivity index (χ3n) is 4.26. The number of halogens is 1. The molecule has 0 bridgehead atoms. The highest BCUT2D eigenvalue weighted by atomic mass is 19.1. The van der Waals surface area contributed by atoms with Crippen molar-refractivity contribution in [1.29, 1.82) is 0 Å². The van der Waals surface area contributed by atoms with E-state index in [4.69, 9.17) is 0 Å². The number of imidazole rings is 1. The second-order valence-corrected chi connectivity index (χ2v) is 5.94. The molecule has 0 aliphatic carbocycles. The lowest BCUT2D eigenvalue weighted by Crippen LogP contribution is -1.94. The first-order chi connectivity index (χ1) is 12.1. The summed E-state index contributed by atoms with van der Waals surface area (Å²) in [5.41, 5.74) is 4.74. The van der Waals surface area contributed by atoms with Crippen molar-refractivity contribution in [3.05, 3.63) is 78.6 Å². The number of benzene rings is 2. The van der Waals surface area contributed by atoms with E-state index in [0.29, 0.717) is 5.56 Å². The summed E-state index contributed by atoms with van der Waals surface area (Å²) in [5, 5.41) is 9.72. The molecule has 0 saturated carbocycles. The summed E-state index contributed by atoms with van der Waals surface area (Å²) in [5.74, 6) is -0.350. The highest BCUT2D eigenvalue weighted by Crippen LogP contribution is 2.27. The summed E-state index contributed by atoms with van der Waals surface area (Å²) in [6.45, 7) is 1.73. The Morgan fingerprint density at radius 3 is 2.80 bits per heavy atom. The van der Waals surface area contributed by atoms with Crippen LogP contribution in [-0.2, 0) is 0 Å². The molecule has 2 aromatic carbocycles. The summed E-state index contributed by atoms with van der Waals surface area (Å²) in [6.07, 6.45) is 3.99. The highest BCUT2D eigenvalue weighted by molar-refractivity contribution is 5.79. The molecule has 0 spiro atoms. The van der Waals surface area contributed by atoms with E-state index in [2.05, 4.69) is 9.97 Å². The van der Waals surface area contributed by atoms with Gasteiger partial charge in [-0.2, -0.15) is 0 Å². The number of hydrogen-bond donors (Lipinski definition) is 1. The zero-order valence-electron chi connectivity index (χ0n) is 13.6. The number of pyridine rings is 1. The number of aromatic nitrogens is 3. The minimum absolute atomic E-state index is 0.350. The molecule has 4 nitrogen and oxygen atoms in total. The van der Waals surface area contributed by atoms with Crippen molar-refractivity contribution < 1.29 is 9.50 Å². The van der Waals surface area contributed by atoms with Crippen LogP contribution in [0, 0.1) is 5.82 Å². The second-order valence-electron chi connectivity index (χ2n) is 5.94. The Morgan fingerprint density at radius 2 is 2.00 bits per heavy atom. The molecule has 1 atom stereocenters. The zero-order valence-corrected chi connectivity index (χ0v) is 13.6. The average Bonchev–Trinajstić information content (AvgIpc) is 3.05. The van der Waals surface area contributed by atoms with Gasteiger partial charge in [-0.3, -0.25) is 9.55 Å². The van der Waals surface area contributed by atoms with Gasteiger partial charge < -0.3 is 5.11 Å². The smallest absolute Gasteiger partial charge is 0.149 e. The SMILES string of the molecule is C[C@H](O)c1ccc2c(c1)ncn2-c1cccc(-c2ccncc2F)c1. The lowest BCUT2D eigenvalue weighted by atomic mass is 10.1. The first-order valence-electron chi connectivity index (χ1n) is 7.99. The van der Waals surface area contributed by atoms with Gasteiger partial charge in [-0.25, -0.2) is 9.37 Å². The fourth-order valence-electron chi connectivity index (χ4n) is 2.93. The fraction of sp³-hybridized carbons (Fsp3) is 0.100. The quantitative estimate of drug-likeness (QED) is 0.609. The molecule has 1 N–H and O–H groups in total. The number of hydrogen-bond acceptors (Lipinski definition) is 3. The Morgan fingerprint density at radius 1 is 1.12 bits per heavy atom. The van der Waals surface area contributed by atoms with Crippen LogP contribution in [0.3, 0.4) is 0 Å². The van der Waals surface area contributed by atoms with E-state index >= 15 is 0 Å². The summed E-state index contributed by atoms with van der Waals surface area (Å²) >= 11 is 0. The molecule has 0 radical (unpaired) electrons. The van der Waals surface area contributed by atoms with Crippen molar-refractivity contribution in [3.63, 3.8) is 0 Å². The molecule has 2 heterocycles. The van der Waals surface area contributed by atoms with Crippen molar-refractivity contribution >= 4 is 11.0 Å². The van der Waals surface area contributed by atoms with Crippen LogP contribution in [0.2, 0.25) is 0 Å². The number of fused-ring (bicyclic) bond motifs is 1. The van der Waals surface area contributed by atoms with Crippen LogP contribution < -0.4 is 0 Å². The van der Waals surface area contributed by atoms with Crippen molar-refractivity contribution in [3.8, 4) is 16.8 Å². The van der Waals surface area contributed by atoms with E-state index in [0.717, 1.165) is 27.8 Å². The summed E-state index contributed by atoms with van der Waals surface area (Å²) in [6, 6.07) is 15.0. The Labute approximate surface area is 144 Å². The Balaban J connectivity index is 1.82. The number of aliphatic hydroxyl groups excluding tert-OH is 1. The predicted molar refractivity (Wildman–Crippen MR) is 94.9 cm³/mol. The average molecular weight is 333 g/mol. The number of rotatable bonds is 3. The molecule has 0 fully saturated rings. The number of aliphatic hydroxyl groups is 1. The van der Waals surface area contributed by atoms with E-state index in [1.54, 1.807) is 25.5 Å². The second kappa shape index (κ2) is 6.11. The van der Waals surface area contributed by atoms with Gasteiger partial charge in [0.15, 0.2) is 0 Å². The van der Waals surface area contributed by atoms with Crippen LogP contribution in [0.5, 0.6) is 0 Å². The molecule has 124 valence electrons. The van der Waals surface area contributed by atoms with Gasteiger partial charge in [-0.1, -0.05) is 18.2 Å².